The summed E-state index contributed by atoms with van der Waals surface area (Å²) in [5, 5.41) is 7.61. The Labute approximate surface area is 361 Å². The normalized spacial score (nSPS) is 13.0. The molecule has 0 unspecified atom stereocenters. The Balaban J connectivity index is 1.01. The lowest BCUT2D eigenvalue weighted by atomic mass is 9.70. The second kappa shape index (κ2) is 13.5. The Morgan fingerprint density at radius 1 is 0.258 bits per heavy atom. The lowest BCUT2D eigenvalue weighted by Crippen LogP contribution is -2.25. The van der Waals surface area contributed by atoms with Crippen LogP contribution in [-0.4, -0.2) is 0 Å². The van der Waals surface area contributed by atoms with Gasteiger partial charge >= 0.3 is 0 Å². The minimum absolute atomic E-state index is 0.376. The highest BCUT2D eigenvalue weighted by molar-refractivity contribution is 6.26. The standard InChI is InChI=1S/C61H39N/c1-2-17-40(18-3-1)44-19-11-15-32-59(44)62(43-37-38-50-48-22-5-4-20-46(48)47-21-6-7-23-49(47)54(50)39-43)42-35-33-41(34-36-42)45-27-16-31-58-60(45)53-26-10-14-30-57(53)61(58)55-28-12-8-24-51(55)52-25-9-13-29-56(52)61/h1-39H. The minimum atomic E-state index is -0.376. The summed E-state index contributed by atoms with van der Waals surface area (Å²) in [7, 11) is 0. The molecule has 1 spiro atoms. The molecule has 0 aliphatic heterocycles. The van der Waals surface area contributed by atoms with E-state index >= 15 is 0 Å². The molecular weight excluding hydrogens is 747 g/mol. The molecule has 2 aliphatic rings. The fraction of sp³-hybridized carbons (Fsp3) is 0.0164. The van der Waals surface area contributed by atoms with E-state index in [0.717, 1.165) is 17.1 Å². The van der Waals surface area contributed by atoms with E-state index in [9.17, 15) is 0 Å². The van der Waals surface area contributed by atoms with Gasteiger partial charge in [0.05, 0.1) is 11.1 Å². The van der Waals surface area contributed by atoms with Crippen LogP contribution in [0.15, 0.2) is 237 Å². The van der Waals surface area contributed by atoms with Crippen molar-refractivity contribution in [1.29, 1.82) is 0 Å². The monoisotopic (exact) mass is 785 g/mol. The highest BCUT2D eigenvalue weighted by atomic mass is 15.1. The van der Waals surface area contributed by atoms with Gasteiger partial charge in [-0.05, 0) is 124 Å². The number of nitrogens with zero attached hydrogens (tertiary/aromatic N) is 1. The summed E-state index contributed by atoms with van der Waals surface area (Å²) < 4.78 is 0. The molecule has 1 heteroatoms. The molecule has 0 radical (unpaired) electrons. The molecule has 13 rings (SSSR count). The molecule has 0 amide bonds. The molecule has 0 atom stereocenters. The van der Waals surface area contributed by atoms with Crippen LogP contribution in [0.1, 0.15) is 22.3 Å². The van der Waals surface area contributed by atoms with Crippen molar-refractivity contribution >= 4 is 49.4 Å². The zero-order chi connectivity index (χ0) is 40.8. The first-order valence-electron chi connectivity index (χ1n) is 21.6. The molecule has 0 saturated heterocycles. The third kappa shape index (κ3) is 4.85. The van der Waals surface area contributed by atoms with E-state index in [1.807, 2.05) is 0 Å². The number of fused-ring (bicyclic) bond motifs is 16. The van der Waals surface area contributed by atoms with Gasteiger partial charge in [-0.1, -0.05) is 206 Å². The lowest BCUT2D eigenvalue weighted by Gasteiger charge is -2.30. The van der Waals surface area contributed by atoms with Crippen LogP contribution in [0.4, 0.5) is 17.1 Å². The van der Waals surface area contributed by atoms with Gasteiger partial charge in [0.15, 0.2) is 0 Å². The molecular formula is C61H39N. The maximum absolute atomic E-state index is 2.45. The van der Waals surface area contributed by atoms with Crippen molar-refractivity contribution < 1.29 is 0 Å². The first kappa shape index (κ1) is 34.8. The van der Waals surface area contributed by atoms with E-state index in [1.54, 1.807) is 0 Å². The van der Waals surface area contributed by atoms with Crippen LogP contribution >= 0.6 is 0 Å². The third-order valence-electron chi connectivity index (χ3n) is 13.7. The minimum Gasteiger partial charge on any atom is -0.310 e. The van der Waals surface area contributed by atoms with E-state index in [2.05, 4.69) is 241 Å². The molecule has 1 nitrogen and oxygen atoms in total. The molecule has 0 bridgehead atoms. The average Bonchev–Trinajstić information content (AvgIpc) is 3.83. The zero-order valence-corrected chi connectivity index (χ0v) is 34.0. The van der Waals surface area contributed by atoms with Crippen molar-refractivity contribution in [3.63, 3.8) is 0 Å². The van der Waals surface area contributed by atoms with Gasteiger partial charge in [-0.2, -0.15) is 0 Å². The Morgan fingerprint density at radius 3 is 1.34 bits per heavy atom. The number of anilines is 3. The van der Waals surface area contributed by atoms with Crippen LogP contribution in [0.5, 0.6) is 0 Å². The quantitative estimate of drug-likeness (QED) is 0.157. The van der Waals surface area contributed by atoms with E-state index in [0.29, 0.717) is 0 Å². The number of rotatable bonds is 5. The molecule has 0 N–H and O–H groups in total. The van der Waals surface area contributed by atoms with Crippen molar-refractivity contribution in [1.82, 2.24) is 0 Å². The van der Waals surface area contributed by atoms with Crippen molar-refractivity contribution in [3.05, 3.63) is 259 Å². The molecule has 2 aliphatic carbocycles. The molecule has 288 valence electrons. The largest absolute Gasteiger partial charge is 0.310 e. The van der Waals surface area contributed by atoms with Crippen molar-refractivity contribution in [3.8, 4) is 44.5 Å². The predicted octanol–water partition coefficient (Wildman–Crippen LogP) is 16.3. The van der Waals surface area contributed by atoms with Crippen molar-refractivity contribution in [2.45, 2.75) is 5.41 Å². The fourth-order valence-electron chi connectivity index (χ4n) is 11.2. The maximum atomic E-state index is 2.45. The van der Waals surface area contributed by atoms with Gasteiger partial charge in [0.25, 0.3) is 0 Å². The van der Waals surface area contributed by atoms with Crippen LogP contribution in [0, 0.1) is 0 Å². The summed E-state index contributed by atoms with van der Waals surface area (Å²) in [6.07, 6.45) is 0. The SMILES string of the molecule is c1ccc(-c2ccccc2N(c2ccc(-c3cccc4c3-c3ccccc3C43c4ccccc4-c4ccccc43)cc2)c2ccc3c4ccccc4c4ccccc4c3c2)cc1. The van der Waals surface area contributed by atoms with E-state index < -0.39 is 0 Å². The summed E-state index contributed by atoms with van der Waals surface area (Å²) >= 11 is 0. The first-order chi connectivity index (χ1) is 30.8. The van der Waals surface area contributed by atoms with Gasteiger partial charge in [0.1, 0.15) is 0 Å². The van der Waals surface area contributed by atoms with Crippen LogP contribution < -0.4 is 4.90 Å². The predicted molar refractivity (Wildman–Crippen MR) is 261 cm³/mol. The van der Waals surface area contributed by atoms with Crippen LogP contribution in [0.3, 0.4) is 0 Å². The maximum Gasteiger partial charge on any atom is 0.0725 e. The van der Waals surface area contributed by atoms with Crippen LogP contribution in [0.2, 0.25) is 0 Å². The highest BCUT2D eigenvalue weighted by Crippen LogP contribution is 2.64. The summed E-state index contributed by atoms with van der Waals surface area (Å²) in [5.41, 5.74) is 18.5. The van der Waals surface area contributed by atoms with E-state index in [-0.39, 0.29) is 5.41 Å². The van der Waals surface area contributed by atoms with E-state index in [4.69, 9.17) is 0 Å². The van der Waals surface area contributed by atoms with Crippen LogP contribution in [0.25, 0.3) is 76.8 Å². The number of hydrogen-bond acceptors (Lipinski definition) is 1. The summed E-state index contributed by atoms with van der Waals surface area (Å²) in [6, 6.07) is 87.7. The summed E-state index contributed by atoms with van der Waals surface area (Å²) in [5.74, 6) is 0. The Morgan fingerprint density at radius 2 is 0.694 bits per heavy atom. The number of benzene rings is 11. The molecule has 0 aromatic heterocycles. The Hall–Kier alpha value is -8.00. The number of hydrogen-bond donors (Lipinski definition) is 0. The van der Waals surface area contributed by atoms with Gasteiger partial charge in [0, 0.05) is 16.9 Å². The molecule has 0 fully saturated rings. The molecule has 62 heavy (non-hydrogen) atoms. The van der Waals surface area contributed by atoms with Crippen molar-refractivity contribution in [2.75, 3.05) is 4.90 Å². The summed E-state index contributed by atoms with van der Waals surface area (Å²) in [6.45, 7) is 0. The van der Waals surface area contributed by atoms with Crippen LogP contribution in [-0.2, 0) is 5.41 Å². The topological polar surface area (TPSA) is 3.24 Å². The molecule has 11 aromatic carbocycles. The average molecular weight is 786 g/mol. The first-order valence-corrected chi connectivity index (χ1v) is 21.6. The smallest absolute Gasteiger partial charge is 0.0725 e. The molecule has 11 aromatic rings. The van der Waals surface area contributed by atoms with Gasteiger partial charge in [-0.3, -0.25) is 0 Å². The lowest BCUT2D eigenvalue weighted by molar-refractivity contribution is 0.794. The molecule has 0 heterocycles. The Kier molecular flexibility index (Phi) is 7.59. The highest BCUT2D eigenvalue weighted by Gasteiger charge is 2.51. The third-order valence-corrected chi connectivity index (χ3v) is 13.7. The van der Waals surface area contributed by atoms with Gasteiger partial charge in [-0.15, -0.1) is 0 Å². The second-order valence-corrected chi connectivity index (χ2v) is 16.7. The van der Waals surface area contributed by atoms with Crippen molar-refractivity contribution in [2.24, 2.45) is 0 Å². The zero-order valence-electron chi connectivity index (χ0n) is 34.0. The second-order valence-electron chi connectivity index (χ2n) is 16.7. The fourth-order valence-corrected chi connectivity index (χ4v) is 11.2. The number of para-hydroxylation sites is 1. The van der Waals surface area contributed by atoms with E-state index in [1.165, 1.54) is 99.1 Å². The van der Waals surface area contributed by atoms with Gasteiger partial charge in [0.2, 0.25) is 0 Å². The Bertz CT molecular complexity index is 3500. The van der Waals surface area contributed by atoms with Gasteiger partial charge in [-0.25, -0.2) is 0 Å². The van der Waals surface area contributed by atoms with Gasteiger partial charge < -0.3 is 4.90 Å². The summed E-state index contributed by atoms with van der Waals surface area (Å²) in [4.78, 5) is 2.45. The molecule has 0 saturated carbocycles.